The van der Waals surface area contributed by atoms with E-state index in [0.717, 1.165) is 6.07 Å². The summed E-state index contributed by atoms with van der Waals surface area (Å²) >= 11 is 12.0. The molecule has 0 amide bonds. The fraction of sp³-hybridized carbons (Fsp3) is 0. The lowest BCUT2D eigenvalue weighted by molar-refractivity contribution is 0.0735. The highest BCUT2D eigenvalue weighted by atomic mass is 35.5. The van der Waals surface area contributed by atoms with Crippen molar-refractivity contribution in [1.29, 1.82) is 0 Å². The second-order valence-electron chi connectivity index (χ2n) is 5.02. The first-order valence-corrected chi connectivity index (χ1v) is 9.41. The van der Waals surface area contributed by atoms with E-state index in [4.69, 9.17) is 42.1 Å². The molecule has 2 N–H and O–H groups in total. The molecule has 26 heavy (non-hydrogen) atoms. The van der Waals surface area contributed by atoms with Crippen molar-refractivity contribution >= 4 is 42.3 Å². The number of carbonyl (C=O) groups excluding carboxylic acids is 1. The first-order valence-electron chi connectivity index (χ1n) is 7.05. The molecule has 134 valence electrons. The van der Waals surface area contributed by atoms with Crippen LogP contribution in [-0.4, -0.2) is 20.7 Å². The first kappa shape index (κ1) is 18.6. The number of furan rings is 1. The summed E-state index contributed by atoms with van der Waals surface area (Å²) in [5.74, 6) is -0.770. The van der Waals surface area contributed by atoms with Gasteiger partial charge in [-0.25, -0.2) is 9.78 Å². The molecule has 10 heteroatoms. The zero-order valence-electron chi connectivity index (χ0n) is 12.8. The minimum Gasteiger partial charge on any atom is -0.446 e. The van der Waals surface area contributed by atoms with Crippen molar-refractivity contribution in [2.75, 3.05) is 0 Å². The molecule has 3 rings (SSSR count). The molecule has 0 aliphatic rings. The SMILES string of the molecule is O=C(Oc1cccnc1-c1ccc(P(=O)(O)O)o1)c1c(Cl)cccc1Cl. The summed E-state index contributed by atoms with van der Waals surface area (Å²) in [5.41, 5.74) is -0.450. The van der Waals surface area contributed by atoms with Crippen LogP contribution in [0.1, 0.15) is 10.4 Å². The standard InChI is InChI=1S/C16H10Cl2NO6P/c17-9-3-1-4-10(18)14(9)16(20)25-11-5-2-8-19-15(11)12-6-7-13(24-12)26(21,22)23/h1-8H,(H2,21,22,23). The summed E-state index contributed by atoms with van der Waals surface area (Å²) in [6, 6.07) is 9.99. The molecule has 2 aromatic heterocycles. The summed E-state index contributed by atoms with van der Waals surface area (Å²) in [4.78, 5) is 34.8. The summed E-state index contributed by atoms with van der Waals surface area (Å²) in [7, 11) is -4.56. The molecule has 0 unspecified atom stereocenters. The number of ether oxygens (including phenoxy) is 1. The van der Waals surface area contributed by atoms with Crippen LogP contribution < -0.4 is 10.2 Å². The van der Waals surface area contributed by atoms with Gasteiger partial charge in [0.25, 0.3) is 0 Å². The number of nitrogens with zero attached hydrogens (tertiary/aromatic N) is 1. The van der Waals surface area contributed by atoms with E-state index >= 15 is 0 Å². The molecule has 0 fully saturated rings. The minimum atomic E-state index is -4.56. The Morgan fingerprint density at radius 1 is 1.08 bits per heavy atom. The van der Waals surface area contributed by atoms with E-state index < -0.39 is 19.1 Å². The van der Waals surface area contributed by atoms with Gasteiger partial charge in [-0.1, -0.05) is 29.3 Å². The Morgan fingerprint density at radius 2 is 1.77 bits per heavy atom. The Balaban J connectivity index is 1.97. The van der Waals surface area contributed by atoms with Crippen LogP contribution in [0.5, 0.6) is 5.75 Å². The molecule has 0 bridgehead atoms. The van der Waals surface area contributed by atoms with Crippen LogP contribution >= 0.6 is 30.8 Å². The van der Waals surface area contributed by atoms with Gasteiger partial charge in [-0.2, -0.15) is 0 Å². The topological polar surface area (TPSA) is 110 Å². The molecule has 0 aliphatic heterocycles. The molecule has 0 saturated carbocycles. The van der Waals surface area contributed by atoms with Crippen molar-refractivity contribution in [3.63, 3.8) is 0 Å². The first-order chi connectivity index (χ1) is 12.3. The van der Waals surface area contributed by atoms with E-state index in [2.05, 4.69) is 4.98 Å². The fourth-order valence-electron chi connectivity index (χ4n) is 2.11. The molecule has 7 nitrogen and oxygen atoms in total. The number of esters is 1. The Bertz CT molecular complexity index is 1010. The maximum absolute atomic E-state index is 12.4. The van der Waals surface area contributed by atoms with E-state index in [-0.39, 0.29) is 32.8 Å². The van der Waals surface area contributed by atoms with Gasteiger partial charge in [-0.05, 0) is 36.4 Å². The van der Waals surface area contributed by atoms with Crippen molar-refractivity contribution in [2.45, 2.75) is 0 Å². The molecule has 0 saturated heterocycles. The van der Waals surface area contributed by atoms with E-state index in [1.54, 1.807) is 6.07 Å². The zero-order chi connectivity index (χ0) is 18.9. The van der Waals surface area contributed by atoms with E-state index in [1.807, 2.05) is 0 Å². The highest BCUT2D eigenvalue weighted by Crippen LogP contribution is 2.37. The third-order valence-corrected chi connectivity index (χ3v) is 4.70. The van der Waals surface area contributed by atoms with Crippen LogP contribution in [0.3, 0.4) is 0 Å². The van der Waals surface area contributed by atoms with Crippen molar-refractivity contribution in [3.8, 4) is 17.2 Å². The Labute approximate surface area is 157 Å². The van der Waals surface area contributed by atoms with Crippen LogP contribution in [0.4, 0.5) is 0 Å². The number of aromatic nitrogens is 1. The average Bonchev–Trinajstić information content (AvgIpc) is 3.05. The molecule has 0 radical (unpaired) electrons. The summed E-state index contributed by atoms with van der Waals surface area (Å²) in [5, 5.41) is 0.240. The number of halogens is 2. The van der Waals surface area contributed by atoms with Crippen LogP contribution in [0.2, 0.25) is 10.0 Å². The number of benzene rings is 1. The minimum absolute atomic E-state index is 0.0130. The fourth-order valence-corrected chi connectivity index (χ4v) is 3.15. The van der Waals surface area contributed by atoms with Gasteiger partial charge in [0, 0.05) is 6.20 Å². The van der Waals surface area contributed by atoms with Crippen molar-refractivity contribution in [3.05, 3.63) is 64.3 Å². The Kier molecular flexibility index (Phi) is 5.18. The second-order valence-corrected chi connectivity index (χ2v) is 7.36. The maximum atomic E-state index is 12.4. The molecule has 0 spiro atoms. The van der Waals surface area contributed by atoms with Gasteiger partial charge >= 0.3 is 13.6 Å². The van der Waals surface area contributed by atoms with Crippen molar-refractivity contribution in [2.24, 2.45) is 0 Å². The van der Waals surface area contributed by atoms with E-state index in [1.165, 1.54) is 36.5 Å². The molecule has 2 heterocycles. The van der Waals surface area contributed by atoms with Gasteiger partial charge in [0.05, 0.1) is 15.6 Å². The van der Waals surface area contributed by atoms with Crippen LogP contribution in [0, 0.1) is 0 Å². The number of hydrogen-bond donors (Lipinski definition) is 2. The van der Waals surface area contributed by atoms with E-state index in [0.29, 0.717) is 0 Å². The summed E-state index contributed by atoms with van der Waals surface area (Å²) < 4.78 is 21.7. The maximum Gasteiger partial charge on any atom is 0.391 e. The number of hydrogen-bond acceptors (Lipinski definition) is 5. The third kappa shape index (κ3) is 3.82. The quantitative estimate of drug-likeness (QED) is 0.495. The molecular weight excluding hydrogens is 404 g/mol. The molecule has 3 aromatic rings. The normalized spacial score (nSPS) is 11.4. The van der Waals surface area contributed by atoms with Crippen LogP contribution in [0.15, 0.2) is 53.1 Å². The lowest BCUT2D eigenvalue weighted by Gasteiger charge is -2.09. The summed E-state index contributed by atoms with van der Waals surface area (Å²) in [6.07, 6.45) is 1.41. The Morgan fingerprint density at radius 3 is 2.38 bits per heavy atom. The molecular formula is C16H10Cl2NO6P. The van der Waals surface area contributed by atoms with Crippen molar-refractivity contribution < 1.29 is 28.3 Å². The van der Waals surface area contributed by atoms with Crippen LogP contribution in [-0.2, 0) is 4.57 Å². The van der Waals surface area contributed by atoms with Gasteiger partial charge in [-0.3, -0.25) is 4.57 Å². The molecule has 1 aromatic carbocycles. The smallest absolute Gasteiger partial charge is 0.391 e. The van der Waals surface area contributed by atoms with Gasteiger partial charge in [0.15, 0.2) is 11.5 Å². The predicted octanol–water partition coefficient (Wildman–Crippen LogP) is 3.67. The Hall–Kier alpha value is -2.15. The second kappa shape index (κ2) is 7.23. The monoisotopic (exact) mass is 413 g/mol. The largest absolute Gasteiger partial charge is 0.446 e. The number of carbonyl (C=O) groups is 1. The zero-order valence-corrected chi connectivity index (χ0v) is 15.2. The number of rotatable bonds is 4. The van der Waals surface area contributed by atoms with Crippen LogP contribution in [0.25, 0.3) is 11.5 Å². The van der Waals surface area contributed by atoms with E-state index in [9.17, 15) is 9.36 Å². The third-order valence-electron chi connectivity index (χ3n) is 3.25. The highest BCUT2D eigenvalue weighted by molar-refractivity contribution is 7.59. The summed E-state index contributed by atoms with van der Waals surface area (Å²) in [6.45, 7) is 0. The lowest BCUT2D eigenvalue weighted by Crippen LogP contribution is -2.11. The predicted molar refractivity (Wildman–Crippen MR) is 95.0 cm³/mol. The highest BCUT2D eigenvalue weighted by Gasteiger charge is 2.25. The number of pyridine rings is 1. The lowest BCUT2D eigenvalue weighted by atomic mass is 10.2. The van der Waals surface area contributed by atoms with Gasteiger partial charge in [0.1, 0.15) is 5.69 Å². The van der Waals surface area contributed by atoms with Crippen molar-refractivity contribution in [1.82, 2.24) is 4.98 Å². The average molecular weight is 414 g/mol. The molecule has 0 atom stereocenters. The van der Waals surface area contributed by atoms with Gasteiger partial charge in [0.2, 0.25) is 5.50 Å². The van der Waals surface area contributed by atoms with Gasteiger partial charge in [-0.15, -0.1) is 0 Å². The van der Waals surface area contributed by atoms with Gasteiger partial charge < -0.3 is 18.9 Å². The molecule has 0 aliphatic carbocycles.